The molecule has 0 fully saturated rings. The van der Waals surface area contributed by atoms with Crippen molar-refractivity contribution in [3.63, 3.8) is 0 Å². The van der Waals surface area contributed by atoms with E-state index in [1.54, 1.807) is 12.1 Å². The van der Waals surface area contributed by atoms with Crippen LogP contribution in [0.15, 0.2) is 24.3 Å². The van der Waals surface area contributed by atoms with Crippen molar-refractivity contribution in [2.75, 3.05) is 6.61 Å². The molecule has 0 bridgehead atoms. The van der Waals surface area contributed by atoms with Gasteiger partial charge in [0.2, 0.25) is 6.16 Å². The normalized spacial score (nSPS) is 11.4. The van der Waals surface area contributed by atoms with Crippen LogP contribution in [0.2, 0.25) is 5.02 Å². The maximum Gasteiger partial charge on any atom is 0.512 e. The van der Waals surface area contributed by atoms with E-state index in [0.717, 1.165) is 5.56 Å². The van der Waals surface area contributed by atoms with Crippen molar-refractivity contribution in [2.45, 2.75) is 13.1 Å². The summed E-state index contributed by atoms with van der Waals surface area (Å²) < 4.78 is 16.1. The Kier molecular flexibility index (Phi) is 4.37. The zero-order chi connectivity index (χ0) is 9.68. The summed E-state index contributed by atoms with van der Waals surface area (Å²) in [5.41, 5.74) is 0.985. The molecule has 70 valence electrons. The summed E-state index contributed by atoms with van der Waals surface area (Å²) in [6.07, 6.45) is 0.459. The van der Waals surface area contributed by atoms with Crippen LogP contribution in [0.5, 0.6) is 0 Å². The number of halogens is 1. The van der Waals surface area contributed by atoms with Gasteiger partial charge in [-0.1, -0.05) is 23.7 Å². The maximum atomic E-state index is 11.2. The molecule has 0 aliphatic carbocycles. The molecule has 1 aromatic rings. The monoisotopic (exact) mass is 217 g/mol. The van der Waals surface area contributed by atoms with Gasteiger partial charge in [0, 0.05) is 10.6 Å². The molecular weight excluding hydrogens is 207 g/mol. The van der Waals surface area contributed by atoms with Gasteiger partial charge in [-0.05, 0) is 23.6 Å². The second kappa shape index (κ2) is 5.33. The summed E-state index contributed by atoms with van der Waals surface area (Å²) in [5, 5.41) is 0.690. The molecule has 0 spiro atoms. The fraction of sp³-hybridized carbons (Fsp3) is 0.333. The molecule has 2 nitrogen and oxygen atoms in total. The lowest BCUT2D eigenvalue weighted by Crippen LogP contribution is -1.83. The van der Waals surface area contributed by atoms with E-state index in [0.29, 0.717) is 17.8 Å². The van der Waals surface area contributed by atoms with Crippen molar-refractivity contribution >= 4 is 19.6 Å². The van der Waals surface area contributed by atoms with E-state index in [1.165, 1.54) is 0 Å². The Morgan fingerprint density at radius 2 is 2.00 bits per heavy atom. The molecule has 1 unspecified atom stereocenters. The predicted octanol–water partition coefficient (Wildman–Crippen LogP) is 3.62. The lowest BCUT2D eigenvalue weighted by atomic mass is 10.2. The number of hydrogen-bond donors (Lipinski definition) is 0. The Labute approximate surface area is 83.7 Å². The van der Waals surface area contributed by atoms with Crippen molar-refractivity contribution in [3.05, 3.63) is 34.9 Å². The van der Waals surface area contributed by atoms with Gasteiger partial charge in [-0.2, -0.15) is 0 Å². The van der Waals surface area contributed by atoms with Crippen LogP contribution in [0.25, 0.3) is 0 Å². The molecule has 0 N–H and O–H groups in total. The first-order valence-electron chi connectivity index (χ1n) is 4.04. The first kappa shape index (κ1) is 10.6. The lowest BCUT2D eigenvalue weighted by Gasteiger charge is -1.92. The molecular formula is C9H11ClO2P+. The highest BCUT2D eigenvalue weighted by molar-refractivity contribution is 7.38. The molecule has 0 heterocycles. The maximum absolute atomic E-state index is 11.2. The highest BCUT2D eigenvalue weighted by Crippen LogP contribution is 2.28. The van der Waals surface area contributed by atoms with Crippen LogP contribution in [-0.4, -0.2) is 6.61 Å². The fourth-order valence-electron chi connectivity index (χ4n) is 0.929. The Bertz CT molecular complexity index is 284. The van der Waals surface area contributed by atoms with Crippen LogP contribution in [0.4, 0.5) is 0 Å². The van der Waals surface area contributed by atoms with Gasteiger partial charge in [-0.15, -0.1) is 4.52 Å². The van der Waals surface area contributed by atoms with Gasteiger partial charge in [0.05, 0.1) is 6.61 Å². The van der Waals surface area contributed by atoms with Crippen LogP contribution in [0.1, 0.15) is 12.5 Å². The molecule has 1 rings (SSSR count). The molecule has 0 amide bonds. The van der Waals surface area contributed by atoms with Crippen molar-refractivity contribution in [1.29, 1.82) is 0 Å². The van der Waals surface area contributed by atoms with Gasteiger partial charge in [-0.3, -0.25) is 0 Å². The summed E-state index contributed by atoms with van der Waals surface area (Å²) in [5.74, 6) is 0. The summed E-state index contributed by atoms with van der Waals surface area (Å²) in [7, 11) is -1.56. The minimum Gasteiger partial charge on any atom is -0.146 e. The van der Waals surface area contributed by atoms with Crippen molar-refractivity contribution in [2.24, 2.45) is 0 Å². The van der Waals surface area contributed by atoms with Gasteiger partial charge < -0.3 is 0 Å². The first-order valence-corrected chi connectivity index (χ1v) is 5.78. The second-order valence-electron chi connectivity index (χ2n) is 2.54. The highest BCUT2D eigenvalue weighted by Gasteiger charge is 2.16. The van der Waals surface area contributed by atoms with Gasteiger partial charge in [0.25, 0.3) is 0 Å². The van der Waals surface area contributed by atoms with Gasteiger partial charge in [0.15, 0.2) is 0 Å². The molecule has 0 saturated carbocycles. The van der Waals surface area contributed by atoms with E-state index in [4.69, 9.17) is 16.1 Å². The second-order valence-corrected chi connectivity index (χ2v) is 4.21. The van der Waals surface area contributed by atoms with E-state index < -0.39 is 8.03 Å². The topological polar surface area (TPSA) is 26.3 Å². The van der Waals surface area contributed by atoms with E-state index in [1.807, 2.05) is 19.1 Å². The molecule has 4 heteroatoms. The Hall–Kier alpha value is -0.430. The highest BCUT2D eigenvalue weighted by atomic mass is 35.5. The number of rotatable bonds is 4. The fourth-order valence-corrected chi connectivity index (χ4v) is 1.94. The van der Waals surface area contributed by atoms with Crippen LogP contribution in [0.3, 0.4) is 0 Å². The summed E-state index contributed by atoms with van der Waals surface area (Å²) in [6.45, 7) is 2.32. The molecule has 0 aromatic heterocycles. The number of hydrogen-bond acceptors (Lipinski definition) is 2. The molecule has 13 heavy (non-hydrogen) atoms. The van der Waals surface area contributed by atoms with E-state index in [-0.39, 0.29) is 0 Å². The van der Waals surface area contributed by atoms with E-state index in [9.17, 15) is 4.57 Å². The lowest BCUT2D eigenvalue weighted by molar-refractivity contribution is 0.350. The third-order valence-corrected chi connectivity index (χ3v) is 2.92. The predicted molar refractivity (Wildman–Crippen MR) is 54.4 cm³/mol. The first-order chi connectivity index (χ1) is 6.22. The minimum atomic E-state index is -1.56. The van der Waals surface area contributed by atoms with Crippen molar-refractivity contribution < 1.29 is 9.09 Å². The smallest absolute Gasteiger partial charge is 0.146 e. The summed E-state index contributed by atoms with van der Waals surface area (Å²) >= 11 is 5.71. The average Bonchev–Trinajstić information content (AvgIpc) is 2.09. The van der Waals surface area contributed by atoms with Gasteiger partial charge in [-0.25, -0.2) is 0 Å². The quantitative estimate of drug-likeness (QED) is 0.720. The Balaban J connectivity index is 2.54. The van der Waals surface area contributed by atoms with Crippen molar-refractivity contribution in [3.8, 4) is 0 Å². The number of benzene rings is 1. The van der Waals surface area contributed by atoms with E-state index >= 15 is 0 Å². The molecule has 1 atom stereocenters. The summed E-state index contributed by atoms with van der Waals surface area (Å²) in [6, 6.07) is 7.28. The van der Waals surface area contributed by atoms with Crippen LogP contribution in [-0.2, 0) is 15.3 Å². The molecule has 0 aliphatic rings. The largest absolute Gasteiger partial charge is 0.512 e. The third kappa shape index (κ3) is 3.86. The SMILES string of the molecule is CCO[P+](=O)Cc1ccc(Cl)cc1. The summed E-state index contributed by atoms with van der Waals surface area (Å²) in [4.78, 5) is 0. The van der Waals surface area contributed by atoms with Crippen molar-refractivity contribution in [1.82, 2.24) is 0 Å². The average molecular weight is 218 g/mol. The van der Waals surface area contributed by atoms with Crippen LogP contribution in [0, 0.1) is 0 Å². The van der Waals surface area contributed by atoms with Crippen LogP contribution >= 0.6 is 19.6 Å². The molecule has 0 aliphatic heterocycles. The zero-order valence-corrected chi connectivity index (χ0v) is 9.02. The van der Waals surface area contributed by atoms with E-state index in [2.05, 4.69) is 0 Å². The molecule has 0 saturated heterocycles. The molecule has 0 radical (unpaired) electrons. The van der Waals surface area contributed by atoms with Gasteiger partial charge in [0.1, 0.15) is 0 Å². The standard InChI is InChI=1S/C9H11ClO2P/c1-2-12-13(11)7-8-3-5-9(10)6-4-8/h3-6H,2,7H2,1H3/q+1. The minimum absolute atomic E-state index is 0.459. The molecule has 1 aromatic carbocycles. The zero-order valence-electron chi connectivity index (χ0n) is 7.37. The third-order valence-electron chi connectivity index (χ3n) is 1.50. The Morgan fingerprint density at radius 1 is 1.38 bits per heavy atom. The van der Waals surface area contributed by atoms with Gasteiger partial charge >= 0.3 is 8.03 Å². The van der Waals surface area contributed by atoms with Crippen LogP contribution < -0.4 is 0 Å². The Morgan fingerprint density at radius 3 is 2.54 bits per heavy atom.